The molecule has 6 heteroatoms. The Morgan fingerprint density at radius 2 is 2.37 bits per heavy atom. The molecule has 1 aromatic carbocycles. The number of ether oxygens (including phenoxy) is 1. The summed E-state index contributed by atoms with van der Waals surface area (Å²) < 4.78 is 5.18. The first-order valence-corrected chi connectivity index (χ1v) is 6.68. The average molecular weight is 285 g/mol. The van der Waals surface area contributed by atoms with Crippen molar-refractivity contribution >= 4 is 23.0 Å². The van der Waals surface area contributed by atoms with Crippen molar-refractivity contribution in [2.75, 3.05) is 31.7 Å². The number of rotatable bonds is 4. The van der Waals surface area contributed by atoms with Crippen molar-refractivity contribution in [2.45, 2.75) is 12.8 Å². The first-order chi connectivity index (χ1) is 9.13. The number of halogens is 1. The van der Waals surface area contributed by atoms with Crippen molar-refractivity contribution < 1.29 is 9.66 Å². The average Bonchev–Trinajstić information content (AvgIpc) is 2.38. The summed E-state index contributed by atoms with van der Waals surface area (Å²) in [6, 6.07) is 5.07. The largest absolute Gasteiger partial charge is 0.384 e. The molecule has 0 bridgehead atoms. The lowest BCUT2D eigenvalue weighted by atomic mass is 9.98. The fraction of sp³-hybridized carbons (Fsp3) is 0.538. The van der Waals surface area contributed by atoms with Crippen molar-refractivity contribution in [1.29, 1.82) is 0 Å². The number of benzene rings is 1. The fourth-order valence-corrected chi connectivity index (χ4v) is 2.83. The maximum Gasteiger partial charge on any atom is 0.310 e. The van der Waals surface area contributed by atoms with Crippen molar-refractivity contribution in [3.05, 3.63) is 33.3 Å². The van der Waals surface area contributed by atoms with Gasteiger partial charge in [0.25, 0.3) is 0 Å². The van der Waals surface area contributed by atoms with Crippen molar-refractivity contribution in [1.82, 2.24) is 0 Å². The number of piperidine rings is 1. The molecule has 0 N–H and O–H groups in total. The molecule has 1 fully saturated rings. The molecule has 0 amide bonds. The molecule has 1 aromatic rings. The molecule has 1 aliphatic heterocycles. The Balaban J connectivity index is 2.26. The second-order valence-corrected chi connectivity index (χ2v) is 5.18. The zero-order valence-electron chi connectivity index (χ0n) is 10.8. The van der Waals surface area contributed by atoms with Crippen LogP contribution in [0.3, 0.4) is 0 Å². The van der Waals surface area contributed by atoms with Gasteiger partial charge in [0.05, 0.1) is 11.5 Å². The first-order valence-electron chi connectivity index (χ1n) is 6.30. The molecule has 1 heterocycles. The standard InChI is InChI=1S/C13H17ClN2O3/c1-19-9-10-4-3-7-15(8-10)12-6-2-5-11(14)13(12)16(17)18/h2,5-6,10H,3-4,7-9H2,1H3. The predicted molar refractivity (Wildman–Crippen MR) is 74.9 cm³/mol. The molecule has 0 aromatic heterocycles. The van der Waals surface area contributed by atoms with E-state index in [1.807, 2.05) is 4.90 Å². The van der Waals surface area contributed by atoms with Gasteiger partial charge < -0.3 is 9.64 Å². The van der Waals surface area contributed by atoms with Crippen molar-refractivity contribution in [3.63, 3.8) is 0 Å². The number of methoxy groups -OCH3 is 1. The Bertz CT molecular complexity index is 465. The summed E-state index contributed by atoms with van der Waals surface area (Å²) in [6.45, 7) is 2.28. The zero-order chi connectivity index (χ0) is 13.8. The van der Waals surface area contributed by atoms with Crippen LogP contribution in [0.5, 0.6) is 0 Å². The number of nitro groups is 1. The number of nitrogens with zero attached hydrogens (tertiary/aromatic N) is 2. The van der Waals surface area contributed by atoms with Crippen LogP contribution in [0, 0.1) is 16.0 Å². The van der Waals surface area contributed by atoms with Gasteiger partial charge in [-0.3, -0.25) is 10.1 Å². The second-order valence-electron chi connectivity index (χ2n) is 4.77. The number of anilines is 1. The highest BCUT2D eigenvalue weighted by molar-refractivity contribution is 6.33. The van der Waals surface area contributed by atoms with Gasteiger partial charge >= 0.3 is 5.69 Å². The molecular weight excluding hydrogens is 268 g/mol. The molecule has 1 saturated heterocycles. The molecule has 0 spiro atoms. The van der Waals surface area contributed by atoms with Gasteiger partial charge in [-0.25, -0.2) is 0 Å². The van der Waals surface area contributed by atoms with Crippen LogP contribution in [-0.4, -0.2) is 31.7 Å². The van der Waals surface area contributed by atoms with Crippen LogP contribution in [-0.2, 0) is 4.74 Å². The third kappa shape index (κ3) is 3.16. The molecule has 1 atom stereocenters. The van der Waals surface area contributed by atoms with Gasteiger partial charge in [-0.1, -0.05) is 17.7 Å². The molecular formula is C13H17ClN2O3. The van der Waals surface area contributed by atoms with E-state index < -0.39 is 4.92 Å². The number of nitro benzene ring substituents is 1. The second kappa shape index (κ2) is 6.21. The molecule has 2 rings (SSSR count). The van der Waals surface area contributed by atoms with Gasteiger partial charge in [0.1, 0.15) is 10.7 Å². The minimum atomic E-state index is -0.405. The van der Waals surface area contributed by atoms with E-state index >= 15 is 0 Å². The Morgan fingerprint density at radius 3 is 3.05 bits per heavy atom. The first kappa shape index (κ1) is 14.1. The van der Waals surface area contributed by atoms with Crippen LogP contribution in [0.15, 0.2) is 18.2 Å². The lowest BCUT2D eigenvalue weighted by molar-refractivity contribution is -0.384. The zero-order valence-corrected chi connectivity index (χ0v) is 11.6. The van der Waals surface area contributed by atoms with Gasteiger partial charge in [0.2, 0.25) is 0 Å². The summed E-state index contributed by atoms with van der Waals surface area (Å²) >= 11 is 5.95. The lowest BCUT2D eigenvalue weighted by Crippen LogP contribution is -2.37. The molecule has 104 valence electrons. The highest BCUT2D eigenvalue weighted by Gasteiger charge is 2.27. The van der Waals surface area contributed by atoms with E-state index in [1.165, 1.54) is 0 Å². The van der Waals surface area contributed by atoms with E-state index in [0.29, 0.717) is 18.2 Å². The van der Waals surface area contributed by atoms with Crippen LogP contribution in [0.25, 0.3) is 0 Å². The maximum atomic E-state index is 11.2. The van der Waals surface area contributed by atoms with E-state index in [2.05, 4.69) is 0 Å². The van der Waals surface area contributed by atoms with Crippen molar-refractivity contribution in [3.8, 4) is 0 Å². The van der Waals surface area contributed by atoms with Crippen LogP contribution in [0.4, 0.5) is 11.4 Å². The molecule has 1 aliphatic rings. The Labute approximate surface area is 117 Å². The maximum absolute atomic E-state index is 11.2. The quantitative estimate of drug-likeness (QED) is 0.630. The molecule has 0 aliphatic carbocycles. The predicted octanol–water partition coefficient (Wildman–Crippen LogP) is 3.11. The molecule has 0 saturated carbocycles. The van der Waals surface area contributed by atoms with Crippen molar-refractivity contribution in [2.24, 2.45) is 5.92 Å². The highest BCUT2D eigenvalue weighted by Crippen LogP contribution is 2.36. The third-order valence-corrected chi connectivity index (χ3v) is 3.72. The van der Waals surface area contributed by atoms with E-state index in [4.69, 9.17) is 16.3 Å². The van der Waals surface area contributed by atoms with Crippen LogP contribution in [0.1, 0.15) is 12.8 Å². The smallest absolute Gasteiger partial charge is 0.310 e. The summed E-state index contributed by atoms with van der Waals surface area (Å²) in [5, 5.41) is 11.4. The minimum Gasteiger partial charge on any atom is -0.384 e. The summed E-state index contributed by atoms with van der Waals surface area (Å²) in [5.74, 6) is 0.414. The van der Waals surface area contributed by atoms with E-state index in [-0.39, 0.29) is 10.7 Å². The van der Waals surface area contributed by atoms with Gasteiger partial charge in [-0.05, 0) is 30.9 Å². The third-order valence-electron chi connectivity index (χ3n) is 3.41. The molecule has 5 nitrogen and oxygen atoms in total. The monoisotopic (exact) mass is 284 g/mol. The molecule has 1 unspecified atom stereocenters. The number of hydrogen-bond donors (Lipinski definition) is 0. The summed E-state index contributed by atoms with van der Waals surface area (Å²) in [4.78, 5) is 12.8. The number of para-hydroxylation sites is 1. The Morgan fingerprint density at radius 1 is 1.58 bits per heavy atom. The van der Waals surface area contributed by atoms with E-state index in [0.717, 1.165) is 25.9 Å². The topological polar surface area (TPSA) is 55.6 Å². The molecule has 0 radical (unpaired) electrons. The SMILES string of the molecule is COCC1CCCN(c2cccc(Cl)c2[N+](=O)[O-])C1. The summed E-state index contributed by atoms with van der Waals surface area (Å²) in [5.41, 5.74) is 0.612. The fourth-order valence-electron chi connectivity index (χ4n) is 2.60. The van der Waals surface area contributed by atoms with E-state index in [9.17, 15) is 10.1 Å². The van der Waals surface area contributed by atoms with Gasteiger partial charge in [-0.2, -0.15) is 0 Å². The Hall–Kier alpha value is -1.33. The summed E-state index contributed by atoms with van der Waals surface area (Å²) in [6.07, 6.45) is 2.11. The van der Waals surface area contributed by atoms with Gasteiger partial charge in [0, 0.05) is 20.2 Å². The minimum absolute atomic E-state index is 0.00207. The van der Waals surface area contributed by atoms with Gasteiger partial charge in [0.15, 0.2) is 0 Å². The van der Waals surface area contributed by atoms with Crippen LogP contribution < -0.4 is 4.90 Å². The highest BCUT2D eigenvalue weighted by atomic mass is 35.5. The Kier molecular flexibility index (Phi) is 4.61. The van der Waals surface area contributed by atoms with Crippen LogP contribution in [0.2, 0.25) is 5.02 Å². The van der Waals surface area contributed by atoms with Crippen LogP contribution >= 0.6 is 11.6 Å². The normalized spacial score (nSPS) is 19.5. The van der Waals surface area contributed by atoms with E-state index in [1.54, 1.807) is 25.3 Å². The molecule has 19 heavy (non-hydrogen) atoms. The van der Waals surface area contributed by atoms with Gasteiger partial charge in [-0.15, -0.1) is 0 Å². The lowest BCUT2D eigenvalue weighted by Gasteiger charge is -2.33. The summed E-state index contributed by atoms with van der Waals surface area (Å²) in [7, 11) is 1.68. The number of hydrogen-bond acceptors (Lipinski definition) is 4.